The summed E-state index contributed by atoms with van der Waals surface area (Å²) >= 11 is 5.83. The van der Waals surface area contributed by atoms with Gasteiger partial charge in [-0.15, -0.1) is 0 Å². The Hall–Kier alpha value is -2.13. The van der Waals surface area contributed by atoms with Crippen molar-refractivity contribution in [3.8, 4) is 0 Å². The fourth-order valence-electron chi connectivity index (χ4n) is 3.43. The molecule has 0 bridgehead atoms. The standard InChI is InChI=1S/C22H24ClNO2/c1-15(18-7-6-16-4-2-3-5-19(16)14-18)24-22(26)13-12-21(25)17-8-10-20(23)11-9-17/h6-11,14-15H,2-5,12-13H2,1H3,(H,24,26). The molecule has 1 aliphatic carbocycles. The first kappa shape index (κ1) is 18.7. The Morgan fingerprint density at radius 2 is 1.69 bits per heavy atom. The van der Waals surface area contributed by atoms with Crippen LogP contribution in [0.2, 0.25) is 5.02 Å². The molecule has 2 aromatic rings. The highest BCUT2D eigenvalue weighted by Gasteiger charge is 2.15. The van der Waals surface area contributed by atoms with Gasteiger partial charge in [0.15, 0.2) is 5.78 Å². The molecule has 0 aromatic heterocycles. The number of carbonyl (C=O) groups excluding carboxylic acids is 2. The molecule has 0 fully saturated rings. The Balaban J connectivity index is 1.52. The van der Waals surface area contributed by atoms with E-state index in [-0.39, 0.29) is 30.6 Å². The van der Waals surface area contributed by atoms with Crippen LogP contribution in [-0.4, -0.2) is 11.7 Å². The summed E-state index contributed by atoms with van der Waals surface area (Å²) in [4.78, 5) is 24.4. The van der Waals surface area contributed by atoms with E-state index in [9.17, 15) is 9.59 Å². The predicted molar refractivity (Wildman–Crippen MR) is 105 cm³/mol. The minimum absolute atomic E-state index is 0.0433. The Morgan fingerprint density at radius 3 is 2.42 bits per heavy atom. The zero-order chi connectivity index (χ0) is 18.5. The molecule has 0 radical (unpaired) electrons. The topological polar surface area (TPSA) is 46.2 Å². The van der Waals surface area contributed by atoms with Gasteiger partial charge in [0.25, 0.3) is 0 Å². The van der Waals surface area contributed by atoms with Crippen LogP contribution in [0.15, 0.2) is 42.5 Å². The minimum Gasteiger partial charge on any atom is -0.350 e. The molecule has 1 unspecified atom stereocenters. The van der Waals surface area contributed by atoms with Crippen LogP contribution in [0.5, 0.6) is 0 Å². The van der Waals surface area contributed by atoms with Crippen molar-refractivity contribution in [3.05, 3.63) is 69.7 Å². The number of nitrogens with one attached hydrogen (secondary N) is 1. The number of aryl methyl sites for hydroxylation is 2. The zero-order valence-electron chi connectivity index (χ0n) is 15.1. The monoisotopic (exact) mass is 369 g/mol. The van der Waals surface area contributed by atoms with Crippen LogP contribution in [-0.2, 0) is 17.6 Å². The molecular formula is C22H24ClNO2. The van der Waals surface area contributed by atoms with Crippen molar-refractivity contribution in [1.82, 2.24) is 5.32 Å². The average Bonchev–Trinajstić information content (AvgIpc) is 2.66. The predicted octanol–water partition coefficient (Wildman–Crippen LogP) is 5.06. The molecule has 1 amide bonds. The van der Waals surface area contributed by atoms with Crippen LogP contribution in [0.4, 0.5) is 0 Å². The van der Waals surface area contributed by atoms with Crippen molar-refractivity contribution in [3.63, 3.8) is 0 Å². The number of hydrogen-bond acceptors (Lipinski definition) is 2. The van der Waals surface area contributed by atoms with Gasteiger partial charge in [0.2, 0.25) is 5.91 Å². The Labute approximate surface area is 159 Å². The lowest BCUT2D eigenvalue weighted by Crippen LogP contribution is -2.27. The number of Topliss-reactive ketones (excluding diaryl/α,β-unsaturated/α-hetero) is 1. The fourth-order valence-corrected chi connectivity index (χ4v) is 3.55. The molecule has 26 heavy (non-hydrogen) atoms. The van der Waals surface area contributed by atoms with Gasteiger partial charge in [0, 0.05) is 23.4 Å². The van der Waals surface area contributed by atoms with E-state index < -0.39 is 0 Å². The van der Waals surface area contributed by atoms with E-state index in [1.807, 2.05) is 6.92 Å². The second kappa shape index (κ2) is 8.50. The Bertz CT molecular complexity index is 798. The number of amides is 1. The molecule has 0 heterocycles. The van der Waals surface area contributed by atoms with Crippen molar-refractivity contribution in [2.45, 2.75) is 51.5 Å². The summed E-state index contributed by atoms with van der Waals surface area (Å²) in [5, 5.41) is 3.60. The van der Waals surface area contributed by atoms with E-state index in [1.165, 1.54) is 24.0 Å². The molecule has 3 nitrogen and oxygen atoms in total. The van der Waals surface area contributed by atoms with Gasteiger partial charge in [-0.05, 0) is 73.6 Å². The highest BCUT2D eigenvalue weighted by atomic mass is 35.5. The van der Waals surface area contributed by atoms with E-state index in [2.05, 4.69) is 23.5 Å². The zero-order valence-corrected chi connectivity index (χ0v) is 15.8. The average molecular weight is 370 g/mol. The lowest BCUT2D eigenvalue weighted by atomic mass is 9.89. The first-order valence-electron chi connectivity index (χ1n) is 9.23. The summed E-state index contributed by atoms with van der Waals surface area (Å²) in [6.45, 7) is 1.99. The van der Waals surface area contributed by atoms with Gasteiger partial charge in [-0.2, -0.15) is 0 Å². The third-order valence-electron chi connectivity index (χ3n) is 5.00. The van der Waals surface area contributed by atoms with E-state index in [1.54, 1.807) is 24.3 Å². The van der Waals surface area contributed by atoms with E-state index in [0.29, 0.717) is 10.6 Å². The summed E-state index contributed by atoms with van der Waals surface area (Å²) in [5.74, 6) is -0.143. The molecule has 1 aliphatic rings. The molecule has 1 atom stereocenters. The maximum atomic E-state index is 12.2. The highest BCUT2D eigenvalue weighted by Crippen LogP contribution is 2.24. The van der Waals surface area contributed by atoms with E-state index in [0.717, 1.165) is 18.4 Å². The number of rotatable bonds is 6. The van der Waals surface area contributed by atoms with Crippen LogP contribution >= 0.6 is 11.6 Å². The van der Waals surface area contributed by atoms with E-state index in [4.69, 9.17) is 11.6 Å². The van der Waals surface area contributed by atoms with Gasteiger partial charge in [-0.25, -0.2) is 0 Å². The van der Waals surface area contributed by atoms with Gasteiger partial charge in [-0.1, -0.05) is 29.8 Å². The highest BCUT2D eigenvalue weighted by molar-refractivity contribution is 6.30. The molecule has 3 rings (SSSR count). The number of carbonyl (C=O) groups is 2. The van der Waals surface area contributed by atoms with Gasteiger partial charge < -0.3 is 5.32 Å². The van der Waals surface area contributed by atoms with Crippen molar-refractivity contribution in [2.24, 2.45) is 0 Å². The molecule has 0 aliphatic heterocycles. The number of hydrogen-bond donors (Lipinski definition) is 1. The molecule has 4 heteroatoms. The van der Waals surface area contributed by atoms with Crippen molar-refractivity contribution >= 4 is 23.3 Å². The maximum Gasteiger partial charge on any atom is 0.220 e. The molecule has 1 N–H and O–H groups in total. The first-order valence-corrected chi connectivity index (χ1v) is 9.60. The van der Waals surface area contributed by atoms with Crippen LogP contribution in [0.3, 0.4) is 0 Å². The summed E-state index contributed by atoms with van der Waals surface area (Å²) in [6.07, 6.45) is 5.17. The number of ketones is 1. The van der Waals surface area contributed by atoms with Gasteiger partial charge >= 0.3 is 0 Å². The lowest BCUT2D eigenvalue weighted by molar-refractivity contribution is -0.121. The Morgan fingerprint density at radius 1 is 1.00 bits per heavy atom. The maximum absolute atomic E-state index is 12.2. The molecule has 136 valence electrons. The lowest BCUT2D eigenvalue weighted by Gasteiger charge is -2.20. The third kappa shape index (κ3) is 4.73. The molecule has 0 spiro atoms. The number of fused-ring (bicyclic) bond motifs is 1. The molecular weight excluding hydrogens is 346 g/mol. The van der Waals surface area contributed by atoms with Crippen molar-refractivity contribution < 1.29 is 9.59 Å². The van der Waals surface area contributed by atoms with Crippen molar-refractivity contribution in [2.75, 3.05) is 0 Å². The van der Waals surface area contributed by atoms with Crippen LogP contribution in [0, 0.1) is 0 Å². The summed E-state index contributed by atoms with van der Waals surface area (Å²) in [5.41, 5.74) is 4.56. The summed E-state index contributed by atoms with van der Waals surface area (Å²) in [7, 11) is 0. The van der Waals surface area contributed by atoms with Gasteiger partial charge in [0.05, 0.1) is 6.04 Å². The number of benzene rings is 2. The second-order valence-electron chi connectivity index (χ2n) is 6.95. The molecule has 0 saturated heterocycles. The van der Waals surface area contributed by atoms with E-state index >= 15 is 0 Å². The summed E-state index contributed by atoms with van der Waals surface area (Å²) < 4.78 is 0. The third-order valence-corrected chi connectivity index (χ3v) is 5.25. The number of halogens is 1. The first-order chi connectivity index (χ1) is 12.5. The SMILES string of the molecule is CC(NC(=O)CCC(=O)c1ccc(Cl)cc1)c1ccc2c(c1)CCCC2. The largest absolute Gasteiger partial charge is 0.350 e. The molecule has 0 saturated carbocycles. The Kier molecular flexibility index (Phi) is 6.10. The van der Waals surface area contributed by atoms with Crippen LogP contribution in [0.1, 0.15) is 65.7 Å². The second-order valence-corrected chi connectivity index (χ2v) is 7.39. The van der Waals surface area contributed by atoms with Gasteiger partial charge in [-0.3, -0.25) is 9.59 Å². The van der Waals surface area contributed by atoms with Gasteiger partial charge in [0.1, 0.15) is 0 Å². The van der Waals surface area contributed by atoms with Crippen LogP contribution < -0.4 is 5.32 Å². The fraction of sp³-hybridized carbons (Fsp3) is 0.364. The van der Waals surface area contributed by atoms with Crippen molar-refractivity contribution in [1.29, 1.82) is 0 Å². The molecule has 2 aromatic carbocycles. The summed E-state index contributed by atoms with van der Waals surface area (Å²) in [6, 6.07) is 13.2. The normalized spacial score (nSPS) is 14.4. The smallest absolute Gasteiger partial charge is 0.220 e. The van der Waals surface area contributed by atoms with Crippen LogP contribution in [0.25, 0.3) is 0 Å². The quantitative estimate of drug-likeness (QED) is 0.723. The minimum atomic E-state index is -0.0995.